The highest BCUT2D eigenvalue weighted by Gasteiger charge is 2.20. The lowest BCUT2D eigenvalue weighted by molar-refractivity contribution is 0.166. The molecule has 2 fully saturated rings. The largest absolute Gasteiger partial charge is 0.303 e. The molecule has 0 amide bonds. The maximum Gasteiger partial charge on any atom is 0.000966 e. The summed E-state index contributed by atoms with van der Waals surface area (Å²) in [5, 5.41) is 0. The third-order valence-corrected chi connectivity index (χ3v) is 4.93. The summed E-state index contributed by atoms with van der Waals surface area (Å²) in [6.45, 7) is 6.42. The van der Waals surface area contributed by atoms with Crippen molar-refractivity contribution in [1.29, 1.82) is 0 Å². The molecular weight excluding hydrogens is 206 g/mol. The quantitative estimate of drug-likeness (QED) is 0.682. The van der Waals surface area contributed by atoms with Crippen LogP contribution >= 0.6 is 0 Å². The van der Waals surface area contributed by atoms with Crippen LogP contribution in [0.5, 0.6) is 0 Å². The van der Waals surface area contributed by atoms with Crippen molar-refractivity contribution in [1.82, 2.24) is 4.90 Å². The highest BCUT2D eigenvalue weighted by Crippen LogP contribution is 2.27. The van der Waals surface area contributed by atoms with E-state index in [1.807, 2.05) is 0 Å². The summed E-state index contributed by atoms with van der Waals surface area (Å²) >= 11 is 0. The fourth-order valence-corrected chi connectivity index (χ4v) is 3.80. The molecule has 0 atom stereocenters. The average Bonchev–Trinajstić information content (AvgIpc) is 2.40. The van der Waals surface area contributed by atoms with Crippen LogP contribution < -0.4 is 0 Å². The van der Waals surface area contributed by atoms with Gasteiger partial charge in [0, 0.05) is 13.1 Å². The van der Waals surface area contributed by atoms with Crippen molar-refractivity contribution in [2.24, 2.45) is 11.8 Å². The standard InChI is InChI=1S/C16H31N/c1-2-17(13-15-9-5-3-6-10-15)14-16-11-7-4-8-12-16/h15-16H,2-14H2,1H3. The van der Waals surface area contributed by atoms with Gasteiger partial charge < -0.3 is 4.90 Å². The van der Waals surface area contributed by atoms with Crippen LogP contribution in [0.25, 0.3) is 0 Å². The zero-order valence-electron chi connectivity index (χ0n) is 11.8. The molecule has 0 N–H and O–H groups in total. The van der Waals surface area contributed by atoms with Crippen molar-refractivity contribution in [2.75, 3.05) is 19.6 Å². The highest BCUT2D eigenvalue weighted by atomic mass is 15.1. The molecule has 2 aliphatic carbocycles. The molecule has 1 heteroatoms. The highest BCUT2D eigenvalue weighted by molar-refractivity contribution is 4.74. The van der Waals surface area contributed by atoms with Gasteiger partial charge in [-0.05, 0) is 44.1 Å². The van der Waals surface area contributed by atoms with Crippen LogP contribution in [0.4, 0.5) is 0 Å². The molecule has 17 heavy (non-hydrogen) atoms. The van der Waals surface area contributed by atoms with Crippen molar-refractivity contribution in [3.8, 4) is 0 Å². The second kappa shape index (κ2) is 7.41. The van der Waals surface area contributed by atoms with Crippen LogP contribution in [0, 0.1) is 11.8 Å². The molecule has 0 aromatic rings. The van der Waals surface area contributed by atoms with E-state index in [1.54, 1.807) is 0 Å². The van der Waals surface area contributed by atoms with E-state index in [-0.39, 0.29) is 0 Å². The van der Waals surface area contributed by atoms with Gasteiger partial charge in [0.2, 0.25) is 0 Å². The monoisotopic (exact) mass is 237 g/mol. The van der Waals surface area contributed by atoms with Crippen LogP contribution in [0.1, 0.15) is 71.1 Å². The van der Waals surface area contributed by atoms with Gasteiger partial charge in [-0.25, -0.2) is 0 Å². The summed E-state index contributed by atoms with van der Waals surface area (Å²) in [5.74, 6) is 2.04. The summed E-state index contributed by atoms with van der Waals surface area (Å²) in [6.07, 6.45) is 15.0. The SMILES string of the molecule is CCN(CC1CCCCC1)CC1CCCCC1. The smallest absolute Gasteiger partial charge is 0.000966 e. The van der Waals surface area contributed by atoms with E-state index in [2.05, 4.69) is 11.8 Å². The molecule has 1 nitrogen and oxygen atoms in total. The number of nitrogens with zero attached hydrogens (tertiary/aromatic N) is 1. The second-order valence-electron chi connectivity index (χ2n) is 6.36. The van der Waals surface area contributed by atoms with Gasteiger partial charge in [-0.3, -0.25) is 0 Å². The molecule has 0 aliphatic heterocycles. The molecule has 0 unspecified atom stereocenters. The predicted molar refractivity (Wildman–Crippen MR) is 75.3 cm³/mol. The van der Waals surface area contributed by atoms with Crippen LogP contribution in [-0.2, 0) is 0 Å². The third kappa shape index (κ3) is 4.62. The fraction of sp³-hybridized carbons (Fsp3) is 1.00. The zero-order valence-corrected chi connectivity index (χ0v) is 11.8. The van der Waals surface area contributed by atoms with Crippen LogP contribution in [0.15, 0.2) is 0 Å². The van der Waals surface area contributed by atoms with Gasteiger partial charge >= 0.3 is 0 Å². The van der Waals surface area contributed by atoms with Crippen molar-refractivity contribution >= 4 is 0 Å². The summed E-state index contributed by atoms with van der Waals surface area (Å²) in [5.41, 5.74) is 0. The molecule has 2 aliphatic rings. The summed E-state index contributed by atoms with van der Waals surface area (Å²) in [4.78, 5) is 2.76. The Balaban J connectivity index is 1.71. The van der Waals surface area contributed by atoms with Gasteiger partial charge in [0.15, 0.2) is 0 Å². The second-order valence-corrected chi connectivity index (χ2v) is 6.36. The maximum absolute atomic E-state index is 2.76. The predicted octanol–water partition coefficient (Wildman–Crippen LogP) is 4.47. The summed E-state index contributed by atoms with van der Waals surface area (Å²) in [7, 11) is 0. The first-order valence-corrected chi connectivity index (χ1v) is 8.11. The minimum absolute atomic E-state index is 1.02. The van der Waals surface area contributed by atoms with E-state index < -0.39 is 0 Å². The maximum atomic E-state index is 2.76. The van der Waals surface area contributed by atoms with Crippen LogP contribution in [0.2, 0.25) is 0 Å². The number of rotatable bonds is 5. The average molecular weight is 237 g/mol. The Morgan fingerprint density at radius 1 is 0.706 bits per heavy atom. The lowest BCUT2D eigenvalue weighted by atomic mass is 9.87. The third-order valence-electron chi connectivity index (χ3n) is 4.93. The summed E-state index contributed by atoms with van der Waals surface area (Å²) in [6, 6.07) is 0. The van der Waals surface area contributed by atoms with Gasteiger partial charge in [0.05, 0.1) is 0 Å². The molecule has 0 spiro atoms. The summed E-state index contributed by atoms with van der Waals surface area (Å²) < 4.78 is 0. The zero-order chi connectivity index (χ0) is 11.9. The van der Waals surface area contributed by atoms with Crippen molar-refractivity contribution in [3.05, 3.63) is 0 Å². The van der Waals surface area contributed by atoms with Gasteiger partial charge in [-0.15, -0.1) is 0 Å². The molecular formula is C16H31N. The topological polar surface area (TPSA) is 3.24 Å². The first-order chi connectivity index (χ1) is 8.38. The van der Waals surface area contributed by atoms with Gasteiger partial charge in [0.1, 0.15) is 0 Å². The van der Waals surface area contributed by atoms with E-state index in [0.29, 0.717) is 0 Å². The number of hydrogen-bond donors (Lipinski definition) is 0. The molecule has 0 aromatic heterocycles. The van der Waals surface area contributed by atoms with E-state index in [4.69, 9.17) is 0 Å². The minimum atomic E-state index is 1.02. The Hall–Kier alpha value is -0.0400. The molecule has 0 saturated heterocycles. The molecule has 100 valence electrons. The van der Waals surface area contributed by atoms with Gasteiger partial charge in [-0.1, -0.05) is 45.4 Å². The first kappa shape index (κ1) is 13.4. The minimum Gasteiger partial charge on any atom is -0.303 e. The van der Waals surface area contributed by atoms with E-state index in [0.717, 1.165) is 11.8 Å². The molecule has 0 radical (unpaired) electrons. The Morgan fingerprint density at radius 3 is 1.47 bits per heavy atom. The lowest BCUT2D eigenvalue weighted by Gasteiger charge is -2.32. The van der Waals surface area contributed by atoms with Gasteiger partial charge in [-0.2, -0.15) is 0 Å². The Bertz CT molecular complexity index is 170. The van der Waals surface area contributed by atoms with Crippen molar-refractivity contribution < 1.29 is 0 Å². The van der Waals surface area contributed by atoms with Crippen LogP contribution in [-0.4, -0.2) is 24.5 Å². The van der Waals surface area contributed by atoms with E-state index in [1.165, 1.54) is 83.8 Å². The molecule has 0 bridgehead atoms. The molecule has 2 rings (SSSR count). The van der Waals surface area contributed by atoms with E-state index in [9.17, 15) is 0 Å². The molecule has 0 aromatic carbocycles. The normalized spacial score (nSPS) is 24.4. The van der Waals surface area contributed by atoms with Crippen LogP contribution in [0.3, 0.4) is 0 Å². The molecule has 2 saturated carbocycles. The first-order valence-electron chi connectivity index (χ1n) is 8.11. The van der Waals surface area contributed by atoms with E-state index >= 15 is 0 Å². The fourth-order valence-electron chi connectivity index (χ4n) is 3.80. The number of hydrogen-bond acceptors (Lipinski definition) is 1. The van der Waals surface area contributed by atoms with Crippen molar-refractivity contribution in [2.45, 2.75) is 71.1 Å². The Labute approximate surface area is 108 Å². The van der Waals surface area contributed by atoms with Gasteiger partial charge in [0.25, 0.3) is 0 Å². The molecule has 0 heterocycles. The Kier molecular flexibility index (Phi) is 5.84. The lowest BCUT2D eigenvalue weighted by Crippen LogP contribution is -2.35. The van der Waals surface area contributed by atoms with Crippen molar-refractivity contribution in [3.63, 3.8) is 0 Å². The Morgan fingerprint density at radius 2 is 1.12 bits per heavy atom.